The number of ether oxygens (including phenoxy) is 2. The minimum absolute atomic E-state index is 0.0835. The average Bonchev–Trinajstić information content (AvgIpc) is 2.57. The Hall–Kier alpha value is -2.95. The van der Waals surface area contributed by atoms with Crippen LogP contribution in [-0.4, -0.2) is 11.9 Å². The lowest BCUT2D eigenvalue weighted by molar-refractivity contribution is -0.134. The first kappa shape index (κ1) is 18.4. The molecule has 1 aliphatic carbocycles. The van der Waals surface area contributed by atoms with Crippen LogP contribution in [0.2, 0.25) is 0 Å². The summed E-state index contributed by atoms with van der Waals surface area (Å²) in [5.74, 6) is -1.54. The van der Waals surface area contributed by atoms with E-state index < -0.39 is 17.8 Å². The van der Waals surface area contributed by atoms with Crippen LogP contribution in [0.1, 0.15) is 31.7 Å². The van der Waals surface area contributed by atoms with Crippen LogP contribution in [0.15, 0.2) is 72.3 Å². The fraction of sp³-hybridized carbons (Fsp3) is 0.200. The Morgan fingerprint density at radius 1 is 1.04 bits per heavy atom. The smallest absolute Gasteiger partial charge is 0.338 e. The second-order valence-electron chi connectivity index (χ2n) is 5.85. The van der Waals surface area contributed by atoms with Crippen LogP contribution in [0.3, 0.4) is 0 Å². The number of rotatable bonds is 5. The Balaban J connectivity index is 2.05. The molecule has 0 aromatic heterocycles. The summed E-state index contributed by atoms with van der Waals surface area (Å²) in [6, 6.07) is 6.80. The summed E-state index contributed by atoms with van der Waals surface area (Å²) >= 11 is 0. The van der Waals surface area contributed by atoms with Gasteiger partial charge in [0.05, 0.1) is 0 Å². The number of hydrogen-bond acceptors (Lipinski definition) is 4. The third kappa shape index (κ3) is 4.76. The molecular formula is C20H19FO4. The molecule has 1 aromatic carbocycles. The summed E-state index contributed by atoms with van der Waals surface area (Å²) in [6.07, 6.45) is 3.29. The Bertz CT molecular complexity index is 784. The molecule has 0 heterocycles. The molecule has 1 aliphatic rings. The number of benzene rings is 1. The molecule has 2 rings (SSSR count). The summed E-state index contributed by atoms with van der Waals surface area (Å²) in [5, 5.41) is 0. The maximum atomic E-state index is 14.2. The lowest BCUT2D eigenvalue weighted by Gasteiger charge is -2.18. The fourth-order valence-corrected chi connectivity index (χ4v) is 2.14. The Labute approximate surface area is 145 Å². The molecule has 1 unspecified atom stereocenters. The monoisotopic (exact) mass is 342 g/mol. The van der Waals surface area contributed by atoms with E-state index in [4.69, 9.17) is 9.47 Å². The van der Waals surface area contributed by atoms with Gasteiger partial charge in [0.15, 0.2) is 5.76 Å². The number of esters is 2. The van der Waals surface area contributed by atoms with Gasteiger partial charge in [0, 0.05) is 23.5 Å². The van der Waals surface area contributed by atoms with Crippen molar-refractivity contribution in [3.63, 3.8) is 0 Å². The van der Waals surface area contributed by atoms with Crippen molar-refractivity contribution in [2.75, 3.05) is 0 Å². The molecule has 0 amide bonds. The Kier molecular flexibility index (Phi) is 5.70. The molecule has 0 spiro atoms. The number of carbonyl (C=O) groups excluding carboxylic acids is 2. The third-order valence-electron chi connectivity index (χ3n) is 3.56. The van der Waals surface area contributed by atoms with Crippen molar-refractivity contribution in [1.29, 1.82) is 0 Å². The van der Waals surface area contributed by atoms with Gasteiger partial charge in [-0.05, 0) is 37.6 Å². The van der Waals surface area contributed by atoms with Gasteiger partial charge in [-0.1, -0.05) is 31.4 Å². The molecule has 25 heavy (non-hydrogen) atoms. The molecule has 5 heteroatoms. The van der Waals surface area contributed by atoms with Crippen LogP contribution in [0.4, 0.5) is 4.39 Å². The van der Waals surface area contributed by atoms with Gasteiger partial charge in [-0.3, -0.25) is 0 Å². The van der Waals surface area contributed by atoms with Crippen molar-refractivity contribution in [3.8, 4) is 5.75 Å². The molecule has 4 nitrogen and oxygen atoms in total. The van der Waals surface area contributed by atoms with E-state index in [0.717, 1.165) is 5.56 Å². The molecule has 0 bridgehead atoms. The second kappa shape index (κ2) is 7.75. The van der Waals surface area contributed by atoms with Gasteiger partial charge in [0.25, 0.3) is 0 Å². The molecule has 0 saturated carbocycles. The van der Waals surface area contributed by atoms with E-state index >= 15 is 0 Å². The summed E-state index contributed by atoms with van der Waals surface area (Å²) in [7, 11) is 0. The Morgan fingerprint density at radius 3 is 2.12 bits per heavy atom. The Morgan fingerprint density at radius 2 is 1.60 bits per heavy atom. The van der Waals surface area contributed by atoms with E-state index in [9.17, 15) is 14.0 Å². The minimum Gasteiger partial charge on any atom is -0.423 e. The molecule has 1 atom stereocenters. The first-order valence-electron chi connectivity index (χ1n) is 7.70. The lowest BCUT2D eigenvalue weighted by Crippen LogP contribution is -2.10. The highest BCUT2D eigenvalue weighted by Gasteiger charge is 2.21. The van der Waals surface area contributed by atoms with E-state index in [0.29, 0.717) is 11.3 Å². The maximum Gasteiger partial charge on any atom is 0.338 e. The van der Waals surface area contributed by atoms with Gasteiger partial charge in [-0.25, -0.2) is 14.0 Å². The van der Waals surface area contributed by atoms with E-state index in [1.54, 1.807) is 37.3 Å². The number of allylic oxidation sites excluding steroid dienone is 3. The summed E-state index contributed by atoms with van der Waals surface area (Å²) < 4.78 is 24.3. The van der Waals surface area contributed by atoms with Crippen molar-refractivity contribution in [1.82, 2.24) is 0 Å². The van der Waals surface area contributed by atoms with Crippen LogP contribution in [0, 0.1) is 0 Å². The molecular weight excluding hydrogens is 323 g/mol. The number of halogens is 1. The predicted molar refractivity (Wildman–Crippen MR) is 92.4 cm³/mol. The zero-order chi connectivity index (χ0) is 18.6. The van der Waals surface area contributed by atoms with Gasteiger partial charge in [-0.15, -0.1) is 0 Å². The lowest BCUT2D eigenvalue weighted by atomic mass is 9.91. The van der Waals surface area contributed by atoms with E-state index in [1.165, 1.54) is 13.0 Å². The fourth-order valence-electron chi connectivity index (χ4n) is 2.14. The van der Waals surface area contributed by atoms with Crippen molar-refractivity contribution in [2.24, 2.45) is 0 Å². The summed E-state index contributed by atoms with van der Waals surface area (Å²) in [6.45, 7) is 10.0. The molecule has 0 saturated heterocycles. The van der Waals surface area contributed by atoms with Crippen LogP contribution >= 0.6 is 0 Å². The van der Waals surface area contributed by atoms with Crippen molar-refractivity contribution < 1.29 is 23.5 Å². The highest BCUT2D eigenvalue weighted by molar-refractivity contribution is 5.89. The van der Waals surface area contributed by atoms with Crippen LogP contribution < -0.4 is 4.74 Å². The summed E-state index contributed by atoms with van der Waals surface area (Å²) in [4.78, 5) is 23.0. The maximum absolute atomic E-state index is 14.2. The van der Waals surface area contributed by atoms with E-state index in [2.05, 4.69) is 13.2 Å². The molecule has 0 radical (unpaired) electrons. The summed E-state index contributed by atoms with van der Waals surface area (Å²) in [5.41, 5.74) is 1.37. The first-order valence-corrected chi connectivity index (χ1v) is 7.70. The van der Waals surface area contributed by atoms with E-state index in [1.807, 2.05) is 0 Å². The van der Waals surface area contributed by atoms with Gasteiger partial charge in [-0.2, -0.15) is 0 Å². The minimum atomic E-state index is -0.656. The largest absolute Gasteiger partial charge is 0.423 e. The van der Waals surface area contributed by atoms with Crippen LogP contribution in [0.5, 0.6) is 5.75 Å². The standard InChI is InChI=1S/C20H19FO4/c1-12(2)19(22)24-16-8-5-14(6-9-16)15-7-10-18(17(21)11-15)25-20(23)13(3)4/h5-10,15H,1,3,11H2,2,4H3. The topological polar surface area (TPSA) is 52.6 Å². The SMILES string of the molecule is C=C(C)C(=O)OC1=C(F)CC(c2ccc(OC(=O)C(=C)C)cc2)C=C1. The first-order chi connectivity index (χ1) is 11.8. The molecule has 1 aromatic rings. The zero-order valence-electron chi connectivity index (χ0n) is 14.2. The second-order valence-corrected chi connectivity index (χ2v) is 5.85. The third-order valence-corrected chi connectivity index (χ3v) is 3.56. The average molecular weight is 342 g/mol. The quantitative estimate of drug-likeness (QED) is 0.449. The zero-order valence-corrected chi connectivity index (χ0v) is 14.2. The van der Waals surface area contributed by atoms with Crippen molar-refractivity contribution in [3.05, 3.63) is 77.9 Å². The highest BCUT2D eigenvalue weighted by atomic mass is 19.1. The molecule has 0 N–H and O–H groups in total. The number of carbonyl (C=O) groups is 2. The van der Waals surface area contributed by atoms with Gasteiger partial charge < -0.3 is 9.47 Å². The van der Waals surface area contributed by atoms with Gasteiger partial charge in [0.1, 0.15) is 11.6 Å². The molecule has 130 valence electrons. The van der Waals surface area contributed by atoms with Crippen molar-refractivity contribution in [2.45, 2.75) is 26.2 Å². The van der Waals surface area contributed by atoms with Gasteiger partial charge >= 0.3 is 11.9 Å². The molecule has 0 fully saturated rings. The normalized spacial score (nSPS) is 16.4. The van der Waals surface area contributed by atoms with E-state index in [-0.39, 0.29) is 23.7 Å². The highest BCUT2D eigenvalue weighted by Crippen LogP contribution is 2.33. The van der Waals surface area contributed by atoms with Crippen LogP contribution in [-0.2, 0) is 14.3 Å². The van der Waals surface area contributed by atoms with Gasteiger partial charge in [0.2, 0.25) is 0 Å². The number of hydrogen-bond donors (Lipinski definition) is 0. The predicted octanol–water partition coefficient (Wildman–Crippen LogP) is 4.51. The van der Waals surface area contributed by atoms with Crippen molar-refractivity contribution >= 4 is 11.9 Å². The van der Waals surface area contributed by atoms with Crippen LogP contribution in [0.25, 0.3) is 0 Å². The molecule has 0 aliphatic heterocycles.